The minimum absolute atomic E-state index is 0.153. The van der Waals surface area contributed by atoms with Crippen molar-refractivity contribution in [2.75, 3.05) is 12.4 Å². The van der Waals surface area contributed by atoms with E-state index in [0.717, 1.165) is 5.56 Å². The molecule has 0 aliphatic heterocycles. The molecule has 0 aliphatic rings. The Kier molecular flexibility index (Phi) is 8.55. The van der Waals surface area contributed by atoms with E-state index in [0.29, 0.717) is 10.6 Å². The van der Waals surface area contributed by atoms with Crippen molar-refractivity contribution in [3.63, 3.8) is 0 Å². The number of nitrogens with one attached hydrogen (secondary N) is 1. The van der Waals surface area contributed by atoms with Crippen molar-refractivity contribution >= 4 is 58.4 Å². The zero-order valence-corrected chi connectivity index (χ0v) is 20.0. The predicted octanol–water partition coefficient (Wildman–Crippen LogP) is 6.56. The van der Waals surface area contributed by atoms with Crippen molar-refractivity contribution in [3.8, 4) is 11.8 Å². The van der Waals surface area contributed by atoms with Crippen molar-refractivity contribution in [2.45, 2.75) is 6.61 Å². The number of carbonyl (C=O) groups is 2. The van der Waals surface area contributed by atoms with Crippen LogP contribution < -0.4 is 10.1 Å². The highest BCUT2D eigenvalue weighted by Gasteiger charge is 2.17. The van der Waals surface area contributed by atoms with Gasteiger partial charge in [0.05, 0.1) is 28.4 Å². The van der Waals surface area contributed by atoms with Crippen LogP contribution in [0.2, 0.25) is 15.1 Å². The molecule has 0 spiro atoms. The molecule has 1 N–H and O–H groups in total. The summed E-state index contributed by atoms with van der Waals surface area (Å²) in [7, 11) is 1.23. The summed E-state index contributed by atoms with van der Waals surface area (Å²) in [6.07, 6.45) is 1.33. The van der Waals surface area contributed by atoms with E-state index >= 15 is 0 Å². The molecule has 6 nitrogen and oxygen atoms in total. The smallest absolute Gasteiger partial charge is 0.339 e. The number of carbonyl (C=O) groups excluding carboxylic acids is 2. The van der Waals surface area contributed by atoms with Crippen LogP contribution in [0.25, 0.3) is 6.08 Å². The van der Waals surface area contributed by atoms with E-state index < -0.39 is 11.9 Å². The second-order valence-electron chi connectivity index (χ2n) is 6.85. The maximum atomic E-state index is 12.7. The van der Waals surface area contributed by atoms with Gasteiger partial charge in [-0.3, -0.25) is 4.79 Å². The van der Waals surface area contributed by atoms with Gasteiger partial charge in [-0.2, -0.15) is 5.26 Å². The molecule has 34 heavy (non-hydrogen) atoms. The number of amides is 1. The van der Waals surface area contributed by atoms with E-state index in [1.807, 2.05) is 24.3 Å². The lowest BCUT2D eigenvalue weighted by Gasteiger charge is -2.12. The van der Waals surface area contributed by atoms with E-state index in [-0.39, 0.29) is 39.2 Å². The molecule has 0 unspecified atom stereocenters. The molecule has 3 aromatic rings. The van der Waals surface area contributed by atoms with E-state index in [2.05, 4.69) is 5.32 Å². The standard InChI is InChI=1S/C25H17Cl3N2O4/c1-33-25(32)18-7-3-5-9-22(18)30-24(31)17(13-29)10-15-11-20(27)23(21(28)12-15)34-14-16-6-2-4-8-19(16)26/h2-12H,14H2,1H3,(H,30,31)/b17-10-. The van der Waals surface area contributed by atoms with Crippen LogP contribution in [0.1, 0.15) is 21.5 Å². The van der Waals surface area contributed by atoms with Crippen molar-refractivity contribution in [3.05, 3.63) is 98.0 Å². The third kappa shape index (κ3) is 6.09. The predicted molar refractivity (Wildman–Crippen MR) is 132 cm³/mol. The Morgan fingerprint density at radius 1 is 1.00 bits per heavy atom. The molecule has 0 heterocycles. The number of methoxy groups -OCH3 is 1. The second kappa shape index (κ2) is 11.6. The highest BCUT2D eigenvalue weighted by Crippen LogP contribution is 2.36. The van der Waals surface area contributed by atoms with Crippen LogP contribution in [0.4, 0.5) is 5.69 Å². The lowest BCUT2D eigenvalue weighted by molar-refractivity contribution is -0.112. The van der Waals surface area contributed by atoms with Crippen LogP contribution in [0.5, 0.6) is 5.75 Å². The third-order valence-electron chi connectivity index (χ3n) is 4.61. The van der Waals surface area contributed by atoms with E-state index in [4.69, 9.17) is 44.3 Å². The summed E-state index contributed by atoms with van der Waals surface area (Å²) in [5.41, 5.74) is 1.31. The fourth-order valence-corrected chi connectivity index (χ4v) is 3.75. The highest BCUT2D eigenvalue weighted by molar-refractivity contribution is 6.37. The molecule has 1 amide bonds. The maximum absolute atomic E-state index is 12.7. The van der Waals surface area contributed by atoms with E-state index in [1.54, 1.807) is 18.2 Å². The van der Waals surface area contributed by atoms with Crippen molar-refractivity contribution in [1.82, 2.24) is 0 Å². The monoisotopic (exact) mass is 514 g/mol. The van der Waals surface area contributed by atoms with E-state index in [1.165, 1.54) is 37.5 Å². The Bertz CT molecular complexity index is 1290. The summed E-state index contributed by atoms with van der Waals surface area (Å²) < 4.78 is 10.5. The fraction of sp³-hybridized carbons (Fsp3) is 0.0800. The first kappa shape index (κ1) is 25.1. The third-order valence-corrected chi connectivity index (χ3v) is 5.54. The van der Waals surface area contributed by atoms with Crippen LogP contribution in [0.15, 0.2) is 66.2 Å². The van der Waals surface area contributed by atoms with Crippen LogP contribution >= 0.6 is 34.8 Å². The summed E-state index contributed by atoms with van der Waals surface area (Å²) in [6, 6.07) is 18.4. The molecule has 0 atom stereocenters. The molecular formula is C25H17Cl3N2O4. The molecule has 0 radical (unpaired) electrons. The summed E-state index contributed by atoms with van der Waals surface area (Å²) >= 11 is 18.8. The average molecular weight is 516 g/mol. The Balaban J connectivity index is 1.81. The number of ether oxygens (including phenoxy) is 2. The number of anilines is 1. The van der Waals surface area contributed by atoms with Crippen molar-refractivity contribution in [1.29, 1.82) is 5.26 Å². The number of halogens is 3. The molecular weight excluding hydrogens is 499 g/mol. The van der Waals surface area contributed by atoms with E-state index in [9.17, 15) is 14.9 Å². The number of hydrogen-bond acceptors (Lipinski definition) is 5. The molecule has 0 saturated carbocycles. The van der Waals surface area contributed by atoms with Gasteiger partial charge in [0.2, 0.25) is 0 Å². The summed E-state index contributed by atoms with van der Waals surface area (Å²) in [5.74, 6) is -1.09. The van der Waals surface area contributed by atoms with Crippen LogP contribution in [0.3, 0.4) is 0 Å². The maximum Gasteiger partial charge on any atom is 0.339 e. The minimum atomic E-state index is -0.717. The Labute approximate surface area is 211 Å². The first-order valence-corrected chi connectivity index (χ1v) is 10.9. The molecule has 3 rings (SSSR count). The van der Waals surface area contributed by atoms with Crippen molar-refractivity contribution < 1.29 is 19.1 Å². The van der Waals surface area contributed by atoms with Gasteiger partial charge in [0, 0.05) is 10.6 Å². The Morgan fingerprint density at radius 2 is 1.65 bits per heavy atom. The number of hydrogen-bond donors (Lipinski definition) is 1. The Hall–Kier alpha value is -3.50. The summed E-state index contributed by atoms with van der Waals surface area (Å²) in [5, 5.41) is 13.0. The number of nitriles is 1. The van der Waals surface area contributed by atoms with Crippen molar-refractivity contribution in [2.24, 2.45) is 0 Å². The number of benzene rings is 3. The van der Waals surface area contributed by atoms with Gasteiger partial charge in [-0.15, -0.1) is 0 Å². The highest BCUT2D eigenvalue weighted by atomic mass is 35.5. The zero-order chi connectivity index (χ0) is 24.7. The van der Waals surface area contributed by atoms with Crippen LogP contribution in [0, 0.1) is 11.3 Å². The van der Waals surface area contributed by atoms with Crippen LogP contribution in [-0.2, 0) is 16.1 Å². The van der Waals surface area contributed by atoms with Gasteiger partial charge in [-0.25, -0.2) is 4.79 Å². The largest absolute Gasteiger partial charge is 0.486 e. The van der Waals surface area contributed by atoms with Gasteiger partial charge in [0.25, 0.3) is 5.91 Å². The number of nitrogens with zero attached hydrogens (tertiary/aromatic N) is 1. The lowest BCUT2D eigenvalue weighted by Crippen LogP contribution is -2.16. The minimum Gasteiger partial charge on any atom is -0.486 e. The van der Waals surface area contributed by atoms with Gasteiger partial charge in [0.1, 0.15) is 18.2 Å². The summed E-state index contributed by atoms with van der Waals surface area (Å²) in [4.78, 5) is 24.6. The first-order chi connectivity index (χ1) is 16.3. The van der Waals surface area contributed by atoms with Gasteiger partial charge < -0.3 is 14.8 Å². The molecule has 0 bridgehead atoms. The second-order valence-corrected chi connectivity index (χ2v) is 8.08. The Morgan fingerprint density at radius 3 is 2.29 bits per heavy atom. The number of rotatable bonds is 7. The quantitative estimate of drug-likeness (QED) is 0.219. The average Bonchev–Trinajstić information content (AvgIpc) is 2.82. The summed E-state index contributed by atoms with van der Waals surface area (Å²) in [6.45, 7) is 0.153. The molecule has 9 heteroatoms. The van der Waals surface area contributed by atoms with Gasteiger partial charge in [0.15, 0.2) is 5.75 Å². The number of para-hydroxylation sites is 1. The fourth-order valence-electron chi connectivity index (χ4n) is 2.95. The molecule has 172 valence electrons. The van der Waals surface area contributed by atoms with Gasteiger partial charge >= 0.3 is 5.97 Å². The molecule has 0 aromatic heterocycles. The van der Waals surface area contributed by atoms with Crippen LogP contribution in [-0.4, -0.2) is 19.0 Å². The molecule has 0 saturated heterocycles. The number of esters is 1. The first-order valence-electron chi connectivity index (χ1n) is 9.79. The topological polar surface area (TPSA) is 88.4 Å². The normalized spacial score (nSPS) is 10.9. The van der Waals surface area contributed by atoms with Gasteiger partial charge in [-0.05, 0) is 42.0 Å². The van der Waals surface area contributed by atoms with Gasteiger partial charge in [-0.1, -0.05) is 65.1 Å². The molecule has 3 aromatic carbocycles. The zero-order valence-electron chi connectivity index (χ0n) is 17.8. The molecule has 0 aliphatic carbocycles. The SMILES string of the molecule is COC(=O)c1ccccc1NC(=O)/C(C#N)=C\c1cc(Cl)c(OCc2ccccc2Cl)c(Cl)c1. The molecule has 0 fully saturated rings. The lowest BCUT2D eigenvalue weighted by atomic mass is 10.1.